The van der Waals surface area contributed by atoms with E-state index in [9.17, 15) is 4.39 Å². The molecule has 0 unspecified atom stereocenters. The number of anilines is 1. The summed E-state index contributed by atoms with van der Waals surface area (Å²) in [5, 5.41) is 7.56. The van der Waals surface area contributed by atoms with Crippen LogP contribution in [0, 0.1) is 11.2 Å². The van der Waals surface area contributed by atoms with Crippen LogP contribution in [0.4, 0.5) is 16.2 Å². The maximum atomic E-state index is 14.1. The number of aliphatic imine (C=N–C) groups is 1. The summed E-state index contributed by atoms with van der Waals surface area (Å²) in [6, 6.07) is 0. The van der Waals surface area contributed by atoms with Crippen LogP contribution < -0.4 is 15.4 Å². The van der Waals surface area contributed by atoms with Crippen LogP contribution in [-0.4, -0.2) is 65.4 Å². The SMILES string of the molecule is COc1cnc(/C(C=N)=C/C(N)=Nc2nc(N3CCOCC3)ncc2F)cn1. The largest absolute Gasteiger partial charge is 0.480 e. The van der Waals surface area contributed by atoms with E-state index < -0.39 is 5.82 Å². The number of methoxy groups -OCH3 is 1. The fourth-order valence-electron chi connectivity index (χ4n) is 2.42. The molecule has 0 saturated carbocycles. The molecule has 0 spiro atoms. The number of nitrogens with two attached hydrogens (primary N) is 1. The third-order valence-electron chi connectivity index (χ3n) is 3.83. The van der Waals surface area contributed by atoms with E-state index in [-0.39, 0.29) is 11.7 Å². The van der Waals surface area contributed by atoms with Gasteiger partial charge >= 0.3 is 0 Å². The van der Waals surface area contributed by atoms with Gasteiger partial charge in [0.2, 0.25) is 11.8 Å². The predicted octanol–water partition coefficient (Wildman–Crippen LogP) is 0.973. The molecule has 0 aromatic carbocycles. The Bertz CT molecular complexity index is 895. The molecule has 11 heteroatoms. The Hall–Kier alpha value is -3.47. The van der Waals surface area contributed by atoms with Gasteiger partial charge < -0.3 is 25.5 Å². The highest BCUT2D eigenvalue weighted by atomic mass is 19.1. The first-order valence-corrected chi connectivity index (χ1v) is 8.38. The molecule has 1 aliphatic heterocycles. The van der Waals surface area contributed by atoms with Crippen LogP contribution in [0.5, 0.6) is 5.88 Å². The van der Waals surface area contributed by atoms with E-state index in [1.54, 1.807) is 0 Å². The number of amidine groups is 1. The van der Waals surface area contributed by atoms with Crippen molar-refractivity contribution < 1.29 is 13.9 Å². The van der Waals surface area contributed by atoms with Gasteiger partial charge in [-0.15, -0.1) is 0 Å². The van der Waals surface area contributed by atoms with Gasteiger partial charge in [-0.25, -0.2) is 24.3 Å². The van der Waals surface area contributed by atoms with Crippen LogP contribution in [0.1, 0.15) is 5.69 Å². The van der Waals surface area contributed by atoms with Crippen LogP contribution in [0.2, 0.25) is 0 Å². The molecule has 0 bridgehead atoms. The molecule has 0 amide bonds. The molecule has 3 heterocycles. The number of hydrogen-bond acceptors (Lipinski definition) is 9. The van der Waals surface area contributed by atoms with E-state index >= 15 is 0 Å². The number of ether oxygens (including phenoxy) is 2. The van der Waals surface area contributed by atoms with Gasteiger partial charge in [0, 0.05) is 24.9 Å². The van der Waals surface area contributed by atoms with Crippen molar-refractivity contribution >= 4 is 29.4 Å². The van der Waals surface area contributed by atoms with Crippen LogP contribution in [-0.2, 0) is 4.74 Å². The molecule has 3 N–H and O–H groups in total. The first-order valence-electron chi connectivity index (χ1n) is 8.38. The minimum Gasteiger partial charge on any atom is -0.480 e. The molecule has 0 radical (unpaired) electrons. The Morgan fingerprint density at radius 2 is 2.07 bits per heavy atom. The van der Waals surface area contributed by atoms with E-state index in [0.717, 1.165) is 12.4 Å². The number of hydrogen-bond donors (Lipinski definition) is 2. The van der Waals surface area contributed by atoms with Crippen molar-refractivity contribution in [3.05, 3.63) is 36.2 Å². The van der Waals surface area contributed by atoms with Crippen molar-refractivity contribution in [2.45, 2.75) is 0 Å². The van der Waals surface area contributed by atoms with Crippen LogP contribution >= 0.6 is 0 Å². The van der Waals surface area contributed by atoms with Gasteiger partial charge in [0.05, 0.1) is 44.6 Å². The Kier molecular flexibility index (Phi) is 6.17. The van der Waals surface area contributed by atoms with Gasteiger partial charge in [-0.1, -0.05) is 0 Å². The molecule has 0 atom stereocenters. The quantitative estimate of drug-likeness (QED) is 0.554. The number of aromatic nitrogens is 4. The number of nitrogens with zero attached hydrogens (tertiary/aromatic N) is 6. The minimum atomic E-state index is -0.700. The molecular weight excluding hydrogens is 367 g/mol. The van der Waals surface area contributed by atoms with Crippen molar-refractivity contribution in [1.82, 2.24) is 19.9 Å². The monoisotopic (exact) mass is 386 g/mol. The standard InChI is InChI=1S/C17H19FN8O2/c1-27-15-10-21-13(9-22-15)11(7-19)6-14(20)24-16-12(18)8-23-17(25-16)26-2-4-28-5-3-26/h6-10,19H,2-5H2,1H3,(H2,20,23,24,25)/b11-6+,19-7?. The highest BCUT2D eigenvalue weighted by molar-refractivity contribution is 6.15. The molecule has 3 rings (SSSR count). The second kappa shape index (κ2) is 8.95. The first kappa shape index (κ1) is 19.3. The van der Waals surface area contributed by atoms with Gasteiger partial charge in [0.25, 0.3) is 0 Å². The van der Waals surface area contributed by atoms with Crippen molar-refractivity contribution in [3.63, 3.8) is 0 Å². The van der Waals surface area contributed by atoms with E-state index in [1.165, 1.54) is 25.6 Å². The van der Waals surface area contributed by atoms with Crippen LogP contribution in [0.15, 0.2) is 29.7 Å². The molecule has 1 fully saturated rings. The third kappa shape index (κ3) is 4.62. The molecule has 1 saturated heterocycles. The zero-order chi connectivity index (χ0) is 19.9. The Morgan fingerprint density at radius 1 is 1.29 bits per heavy atom. The lowest BCUT2D eigenvalue weighted by Crippen LogP contribution is -2.37. The Morgan fingerprint density at radius 3 is 2.71 bits per heavy atom. The summed E-state index contributed by atoms with van der Waals surface area (Å²) in [6.07, 6.45) is 6.34. The van der Waals surface area contributed by atoms with Crippen molar-refractivity contribution in [2.75, 3.05) is 38.3 Å². The smallest absolute Gasteiger partial charge is 0.232 e. The fourth-order valence-corrected chi connectivity index (χ4v) is 2.42. The fraction of sp³-hybridized carbons (Fsp3) is 0.294. The summed E-state index contributed by atoms with van der Waals surface area (Å²) in [6.45, 7) is 2.32. The number of rotatable bonds is 6. The number of halogens is 1. The van der Waals surface area contributed by atoms with Crippen LogP contribution in [0.25, 0.3) is 5.57 Å². The van der Waals surface area contributed by atoms with Gasteiger partial charge in [-0.3, -0.25) is 0 Å². The normalized spacial score (nSPS) is 15.4. The van der Waals surface area contributed by atoms with E-state index in [1.807, 2.05) is 4.90 Å². The molecule has 0 aliphatic carbocycles. The summed E-state index contributed by atoms with van der Waals surface area (Å²) in [7, 11) is 1.48. The van der Waals surface area contributed by atoms with Crippen molar-refractivity contribution in [2.24, 2.45) is 10.7 Å². The van der Waals surface area contributed by atoms with Gasteiger partial charge in [-0.2, -0.15) is 4.98 Å². The molecule has 2 aromatic heterocycles. The van der Waals surface area contributed by atoms with E-state index in [2.05, 4.69) is 24.9 Å². The molecule has 28 heavy (non-hydrogen) atoms. The Labute approximate surface area is 160 Å². The highest BCUT2D eigenvalue weighted by Gasteiger charge is 2.16. The summed E-state index contributed by atoms with van der Waals surface area (Å²) in [5.41, 5.74) is 6.65. The summed E-state index contributed by atoms with van der Waals surface area (Å²) in [5.74, 6) is -0.229. The highest BCUT2D eigenvalue weighted by Crippen LogP contribution is 2.19. The minimum absolute atomic E-state index is 0.0401. The molecule has 10 nitrogen and oxygen atoms in total. The molecule has 1 aliphatic rings. The number of nitrogens with one attached hydrogen (secondary N) is 1. The Balaban J connectivity index is 1.86. The summed E-state index contributed by atoms with van der Waals surface area (Å²) >= 11 is 0. The second-order valence-electron chi connectivity index (χ2n) is 5.67. The molecular formula is C17H19FN8O2. The average molecular weight is 386 g/mol. The summed E-state index contributed by atoms with van der Waals surface area (Å²) < 4.78 is 24.3. The van der Waals surface area contributed by atoms with Gasteiger partial charge in [0.15, 0.2) is 11.6 Å². The predicted molar refractivity (Wildman–Crippen MR) is 102 cm³/mol. The maximum Gasteiger partial charge on any atom is 0.232 e. The van der Waals surface area contributed by atoms with Gasteiger partial charge in [-0.05, 0) is 6.08 Å². The molecule has 146 valence electrons. The number of morpholine rings is 1. The lowest BCUT2D eigenvalue weighted by Gasteiger charge is -2.26. The van der Waals surface area contributed by atoms with E-state index in [0.29, 0.717) is 49.4 Å². The zero-order valence-electron chi connectivity index (χ0n) is 15.2. The van der Waals surface area contributed by atoms with Crippen LogP contribution in [0.3, 0.4) is 0 Å². The number of allylic oxidation sites excluding steroid dienone is 1. The third-order valence-corrected chi connectivity index (χ3v) is 3.83. The van der Waals surface area contributed by atoms with E-state index in [4.69, 9.17) is 20.6 Å². The topological polar surface area (TPSA) is 135 Å². The second-order valence-corrected chi connectivity index (χ2v) is 5.67. The van der Waals surface area contributed by atoms with Gasteiger partial charge in [0.1, 0.15) is 5.84 Å². The zero-order valence-corrected chi connectivity index (χ0v) is 15.2. The average Bonchev–Trinajstić information content (AvgIpc) is 2.74. The first-order chi connectivity index (χ1) is 13.6. The summed E-state index contributed by atoms with van der Waals surface area (Å²) in [4.78, 5) is 22.2. The lowest BCUT2D eigenvalue weighted by molar-refractivity contribution is 0.122. The molecule has 2 aromatic rings. The van der Waals surface area contributed by atoms with Crippen molar-refractivity contribution in [3.8, 4) is 5.88 Å². The van der Waals surface area contributed by atoms with Crippen molar-refractivity contribution in [1.29, 1.82) is 5.41 Å². The maximum absolute atomic E-state index is 14.1. The lowest BCUT2D eigenvalue weighted by atomic mass is 10.2.